The molecule has 2 amide bonds. The number of amides is 2. The van der Waals surface area contributed by atoms with Gasteiger partial charge in [0.25, 0.3) is 0 Å². The minimum absolute atomic E-state index is 0.0716. The van der Waals surface area contributed by atoms with Crippen LogP contribution in [0.15, 0.2) is 42.5 Å². The van der Waals surface area contributed by atoms with Crippen LogP contribution >= 0.6 is 23.2 Å². The highest BCUT2D eigenvalue weighted by Gasteiger charge is 2.27. The number of nitrogens with zero attached hydrogens (tertiary/aromatic N) is 2. The number of rotatable bonds is 13. The quantitative estimate of drug-likeness (QED) is 0.355. The minimum Gasteiger partial charge on any atom is -0.354 e. The fourth-order valence-corrected chi connectivity index (χ4v) is 5.06. The monoisotopic (exact) mass is 569 g/mol. The summed E-state index contributed by atoms with van der Waals surface area (Å²) < 4.78 is 26.3. The van der Waals surface area contributed by atoms with Crippen molar-refractivity contribution in [3.63, 3.8) is 0 Å². The Morgan fingerprint density at radius 1 is 0.973 bits per heavy atom. The molecule has 37 heavy (non-hydrogen) atoms. The molecule has 0 aliphatic rings. The van der Waals surface area contributed by atoms with Gasteiger partial charge in [0.05, 0.1) is 22.0 Å². The maximum absolute atomic E-state index is 13.4. The summed E-state index contributed by atoms with van der Waals surface area (Å²) in [5, 5.41) is 3.65. The SMILES string of the molecule is CCc1ccc(N(CCCC(=O)N(Cc2ccc(Cl)c(Cl)c2)C(C)C(=O)NCC(C)C)S(C)(=O)=O)cc1. The summed E-state index contributed by atoms with van der Waals surface area (Å²) in [6, 6.07) is 11.7. The first kappa shape index (κ1) is 30.9. The summed E-state index contributed by atoms with van der Waals surface area (Å²) in [6.07, 6.45) is 2.37. The van der Waals surface area contributed by atoms with Gasteiger partial charge in [-0.1, -0.05) is 62.2 Å². The number of nitrogens with one attached hydrogen (secondary N) is 1. The molecule has 1 atom stereocenters. The van der Waals surface area contributed by atoms with E-state index in [0.717, 1.165) is 23.8 Å². The predicted octanol–water partition coefficient (Wildman–Crippen LogP) is 5.29. The average molecular weight is 571 g/mol. The first-order chi connectivity index (χ1) is 17.3. The van der Waals surface area contributed by atoms with Crippen molar-refractivity contribution in [2.45, 2.75) is 59.5 Å². The van der Waals surface area contributed by atoms with Crippen molar-refractivity contribution >= 4 is 50.7 Å². The van der Waals surface area contributed by atoms with Gasteiger partial charge < -0.3 is 10.2 Å². The number of halogens is 2. The summed E-state index contributed by atoms with van der Waals surface area (Å²) in [4.78, 5) is 27.7. The molecular formula is C27H37Cl2N3O4S. The Labute approximate surface area is 231 Å². The molecule has 0 aromatic heterocycles. The molecule has 0 aliphatic carbocycles. The molecule has 2 aromatic carbocycles. The van der Waals surface area contributed by atoms with Gasteiger partial charge in [0, 0.05) is 26.1 Å². The second-order valence-electron chi connectivity index (χ2n) is 9.54. The van der Waals surface area contributed by atoms with E-state index in [9.17, 15) is 18.0 Å². The van der Waals surface area contributed by atoms with Crippen molar-refractivity contribution in [2.24, 2.45) is 5.92 Å². The van der Waals surface area contributed by atoms with Crippen LogP contribution in [0, 0.1) is 5.92 Å². The summed E-state index contributed by atoms with van der Waals surface area (Å²) in [7, 11) is -3.54. The smallest absolute Gasteiger partial charge is 0.242 e. The van der Waals surface area contributed by atoms with E-state index in [-0.39, 0.29) is 37.2 Å². The molecule has 2 rings (SSSR count). The zero-order valence-electron chi connectivity index (χ0n) is 22.1. The van der Waals surface area contributed by atoms with Crippen molar-refractivity contribution in [3.05, 3.63) is 63.6 Å². The minimum atomic E-state index is -3.54. The van der Waals surface area contributed by atoms with E-state index in [2.05, 4.69) is 5.32 Å². The third-order valence-electron chi connectivity index (χ3n) is 5.97. The van der Waals surface area contributed by atoms with Crippen LogP contribution in [0.4, 0.5) is 5.69 Å². The molecular weight excluding hydrogens is 533 g/mol. The first-order valence-electron chi connectivity index (χ1n) is 12.4. The van der Waals surface area contributed by atoms with Gasteiger partial charge in [0.15, 0.2) is 0 Å². The Morgan fingerprint density at radius 2 is 1.59 bits per heavy atom. The number of aryl methyl sites for hydroxylation is 1. The molecule has 0 heterocycles. The van der Waals surface area contributed by atoms with Gasteiger partial charge >= 0.3 is 0 Å². The number of carbonyl (C=O) groups is 2. The third kappa shape index (κ3) is 9.51. The fraction of sp³-hybridized carbons (Fsp3) is 0.481. The topological polar surface area (TPSA) is 86.8 Å². The maximum atomic E-state index is 13.4. The Morgan fingerprint density at radius 3 is 2.14 bits per heavy atom. The zero-order chi connectivity index (χ0) is 27.8. The lowest BCUT2D eigenvalue weighted by molar-refractivity contribution is -0.140. The lowest BCUT2D eigenvalue weighted by atomic mass is 10.1. The molecule has 7 nitrogen and oxygen atoms in total. The van der Waals surface area contributed by atoms with Crippen LogP contribution in [-0.2, 0) is 32.6 Å². The number of hydrogen-bond acceptors (Lipinski definition) is 4. The summed E-state index contributed by atoms with van der Waals surface area (Å²) in [5.74, 6) is -0.243. The van der Waals surface area contributed by atoms with Gasteiger partial charge in [-0.3, -0.25) is 13.9 Å². The Kier molecular flexibility index (Phi) is 11.7. The summed E-state index contributed by atoms with van der Waals surface area (Å²) in [6.45, 7) is 8.51. The zero-order valence-corrected chi connectivity index (χ0v) is 24.5. The van der Waals surface area contributed by atoms with E-state index >= 15 is 0 Å². The van der Waals surface area contributed by atoms with Crippen molar-refractivity contribution < 1.29 is 18.0 Å². The van der Waals surface area contributed by atoms with Crippen LogP contribution in [0.1, 0.15) is 51.7 Å². The van der Waals surface area contributed by atoms with Crippen molar-refractivity contribution in [1.29, 1.82) is 0 Å². The highest BCUT2D eigenvalue weighted by atomic mass is 35.5. The average Bonchev–Trinajstić information content (AvgIpc) is 2.84. The molecule has 0 saturated carbocycles. The van der Waals surface area contributed by atoms with Crippen molar-refractivity contribution in [3.8, 4) is 0 Å². The second-order valence-corrected chi connectivity index (χ2v) is 12.3. The largest absolute Gasteiger partial charge is 0.354 e. The molecule has 0 bridgehead atoms. The molecule has 0 fully saturated rings. The molecule has 0 aliphatic heterocycles. The van der Waals surface area contributed by atoms with E-state index in [1.165, 1.54) is 9.21 Å². The van der Waals surface area contributed by atoms with Crippen LogP contribution in [-0.4, -0.2) is 50.5 Å². The van der Waals surface area contributed by atoms with Crippen molar-refractivity contribution in [2.75, 3.05) is 23.7 Å². The molecule has 2 aromatic rings. The second kappa shape index (κ2) is 14.0. The van der Waals surface area contributed by atoms with Gasteiger partial charge in [0.2, 0.25) is 21.8 Å². The Hall–Kier alpha value is -2.29. The highest BCUT2D eigenvalue weighted by molar-refractivity contribution is 7.92. The summed E-state index contributed by atoms with van der Waals surface area (Å²) in [5.41, 5.74) is 2.40. The summed E-state index contributed by atoms with van der Waals surface area (Å²) >= 11 is 12.2. The third-order valence-corrected chi connectivity index (χ3v) is 7.91. The molecule has 10 heteroatoms. The lowest BCUT2D eigenvalue weighted by Crippen LogP contribution is -2.48. The lowest BCUT2D eigenvalue weighted by Gasteiger charge is -2.30. The van der Waals surface area contributed by atoms with Gasteiger partial charge in [0.1, 0.15) is 6.04 Å². The highest BCUT2D eigenvalue weighted by Crippen LogP contribution is 2.24. The van der Waals surface area contributed by atoms with Crippen LogP contribution in [0.5, 0.6) is 0 Å². The van der Waals surface area contributed by atoms with Crippen LogP contribution in [0.25, 0.3) is 0 Å². The van der Waals surface area contributed by atoms with E-state index in [1.807, 2.05) is 32.9 Å². The van der Waals surface area contributed by atoms with Crippen LogP contribution in [0.2, 0.25) is 10.0 Å². The predicted molar refractivity (Wildman–Crippen MR) is 152 cm³/mol. The number of sulfonamides is 1. The molecule has 1 unspecified atom stereocenters. The van der Waals surface area contributed by atoms with Gasteiger partial charge in [-0.2, -0.15) is 0 Å². The number of benzene rings is 2. The fourth-order valence-electron chi connectivity index (χ4n) is 3.77. The molecule has 0 spiro atoms. The maximum Gasteiger partial charge on any atom is 0.242 e. The van der Waals surface area contributed by atoms with E-state index in [1.54, 1.807) is 37.3 Å². The van der Waals surface area contributed by atoms with Crippen LogP contribution in [0.3, 0.4) is 0 Å². The molecule has 0 saturated heterocycles. The normalized spacial score (nSPS) is 12.3. The molecule has 204 valence electrons. The molecule has 0 radical (unpaired) electrons. The standard InChI is InChI=1S/C27H37Cl2N3O4S/c1-6-21-9-12-23(13-10-21)32(37(5,35)36)15-7-8-26(33)31(20(4)27(34)30-17-19(2)3)18-22-11-14-24(28)25(29)16-22/h9-14,16,19-20H,6-8,15,17-18H2,1-5H3,(H,30,34). The van der Waals surface area contributed by atoms with E-state index < -0.39 is 16.1 Å². The Bertz CT molecular complexity index is 1170. The Balaban J connectivity index is 2.18. The number of hydrogen-bond donors (Lipinski definition) is 1. The number of carbonyl (C=O) groups excluding carboxylic acids is 2. The van der Waals surface area contributed by atoms with E-state index in [0.29, 0.717) is 28.7 Å². The number of anilines is 1. The van der Waals surface area contributed by atoms with Gasteiger partial charge in [-0.05, 0) is 61.1 Å². The van der Waals surface area contributed by atoms with Crippen LogP contribution < -0.4 is 9.62 Å². The first-order valence-corrected chi connectivity index (χ1v) is 15.0. The van der Waals surface area contributed by atoms with E-state index in [4.69, 9.17) is 23.2 Å². The van der Waals surface area contributed by atoms with Gasteiger partial charge in [-0.25, -0.2) is 8.42 Å². The molecule has 1 N–H and O–H groups in total. The van der Waals surface area contributed by atoms with Gasteiger partial charge in [-0.15, -0.1) is 0 Å². The van der Waals surface area contributed by atoms with Crippen molar-refractivity contribution in [1.82, 2.24) is 10.2 Å².